The Morgan fingerprint density at radius 1 is 1.00 bits per heavy atom. The molecule has 2 amide bonds. The Balaban J connectivity index is 1.18. The number of unbranched alkanes of at least 4 members (excludes halogenated alkanes) is 1. The number of anilines is 1. The van der Waals surface area contributed by atoms with Crippen molar-refractivity contribution in [1.29, 1.82) is 0 Å². The summed E-state index contributed by atoms with van der Waals surface area (Å²) in [5.41, 5.74) is 0.928. The molecule has 1 aliphatic heterocycles. The van der Waals surface area contributed by atoms with Crippen molar-refractivity contribution >= 4 is 33.4 Å². The Morgan fingerprint density at radius 3 is 2.31 bits per heavy atom. The number of allylic oxidation sites excluding steroid dienone is 2. The monoisotopic (exact) mass is 501 g/mol. The average Bonchev–Trinajstić information content (AvgIpc) is 3.47. The highest BCUT2D eigenvalue weighted by Crippen LogP contribution is 2.72. The van der Waals surface area contributed by atoms with Crippen molar-refractivity contribution in [3.63, 3.8) is 0 Å². The van der Waals surface area contributed by atoms with E-state index in [1.54, 1.807) is 0 Å². The number of nitrogens with one attached hydrogen (secondary N) is 2. The smallest absolute Gasteiger partial charge is 0.228 e. The van der Waals surface area contributed by atoms with E-state index in [0.29, 0.717) is 6.54 Å². The first-order chi connectivity index (χ1) is 15.6. The van der Waals surface area contributed by atoms with Crippen molar-refractivity contribution in [3.05, 3.63) is 40.9 Å². The van der Waals surface area contributed by atoms with Crippen LogP contribution in [0.3, 0.4) is 0 Å². The fourth-order valence-corrected chi connectivity index (χ4v) is 6.35. The number of hydrogen-bond acceptors (Lipinski definition) is 4. The second-order valence-corrected chi connectivity index (χ2v) is 10.6. The molecule has 4 aliphatic rings. The van der Waals surface area contributed by atoms with Gasteiger partial charge in [0.05, 0.1) is 25.0 Å². The number of morpholine rings is 1. The van der Waals surface area contributed by atoms with Gasteiger partial charge < -0.3 is 15.4 Å². The quantitative estimate of drug-likeness (QED) is 0.422. The number of ether oxygens (including phenoxy) is 1. The minimum Gasteiger partial charge on any atom is -0.379 e. The molecule has 1 heterocycles. The lowest BCUT2D eigenvalue weighted by Gasteiger charge is -2.27. The molecular formula is C25H32BrN3O3. The molecule has 2 N–H and O–H groups in total. The molecule has 5 rings (SSSR count). The van der Waals surface area contributed by atoms with E-state index in [9.17, 15) is 9.59 Å². The third-order valence-corrected chi connectivity index (χ3v) is 8.39. The van der Waals surface area contributed by atoms with Gasteiger partial charge in [0.1, 0.15) is 0 Å². The lowest BCUT2D eigenvalue weighted by Crippen LogP contribution is -2.42. The molecule has 0 unspecified atom stereocenters. The first-order valence-corrected chi connectivity index (χ1v) is 12.7. The van der Waals surface area contributed by atoms with Gasteiger partial charge in [-0.25, -0.2) is 0 Å². The Kier molecular flexibility index (Phi) is 6.41. The number of halogens is 1. The number of hydrogen-bond donors (Lipinski definition) is 2. The second-order valence-electron chi connectivity index (χ2n) is 9.67. The van der Waals surface area contributed by atoms with Crippen molar-refractivity contribution in [2.45, 2.75) is 25.7 Å². The van der Waals surface area contributed by atoms with E-state index in [1.165, 1.54) is 0 Å². The topological polar surface area (TPSA) is 70.7 Å². The SMILES string of the molecule is O=C(NCCCCN1CCOCC1)[C@H]1[C@H](C(=O)Nc2ccc(Br)cc2)[C@@H]2C=C[C@H]1C21CC1. The van der Waals surface area contributed by atoms with Crippen LogP contribution in [0.4, 0.5) is 5.69 Å². The van der Waals surface area contributed by atoms with Crippen LogP contribution in [0.1, 0.15) is 25.7 Å². The number of carbonyl (C=O) groups is 2. The van der Waals surface area contributed by atoms with Crippen LogP contribution < -0.4 is 10.6 Å². The predicted octanol–water partition coefficient (Wildman–Crippen LogP) is 3.44. The van der Waals surface area contributed by atoms with E-state index < -0.39 is 0 Å². The number of nitrogens with zero attached hydrogens (tertiary/aromatic N) is 1. The third kappa shape index (κ3) is 4.27. The van der Waals surface area contributed by atoms with Gasteiger partial charge in [0.25, 0.3) is 0 Å². The Bertz CT molecular complexity index is 877. The van der Waals surface area contributed by atoms with Crippen LogP contribution in [0.2, 0.25) is 0 Å². The van der Waals surface area contributed by atoms with Crippen LogP contribution in [0.15, 0.2) is 40.9 Å². The minimum absolute atomic E-state index is 0.0251. The number of benzene rings is 1. The standard InChI is InChI=1S/C25H32BrN3O3/c26-17-3-5-18(6-4-17)28-24(31)22-20-8-7-19(25(20)9-10-25)21(22)23(30)27-11-1-2-12-29-13-15-32-16-14-29/h3-8,19-22H,1-2,9-16H2,(H,27,30)(H,28,31)/t19-,20+,21-,22-/m1/s1. The van der Waals surface area contributed by atoms with E-state index in [0.717, 1.165) is 68.7 Å². The van der Waals surface area contributed by atoms with Gasteiger partial charge in [-0.1, -0.05) is 28.1 Å². The Labute approximate surface area is 198 Å². The molecule has 7 heteroatoms. The fraction of sp³-hybridized carbons (Fsp3) is 0.600. The van der Waals surface area contributed by atoms with Crippen LogP contribution >= 0.6 is 15.9 Å². The molecule has 32 heavy (non-hydrogen) atoms. The highest BCUT2D eigenvalue weighted by atomic mass is 79.9. The summed E-state index contributed by atoms with van der Waals surface area (Å²) in [6.07, 6.45) is 8.69. The highest BCUT2D eigenvalue weighted by Gasteiger charge is 2.69. The van der Waals surface area contributed by atoms with E-state index in [2.05, 4.69) is 43.6 Å². The van der Waals surface area contributed by atoms with Crippen LogP contribution in [-0.2, 0) is 14.3 Å². The molecule has 3 aliphatic carbocycles. The summed E-state index contributed by atoms with van der Waals surface area (Å²) in [6, 6.07) is 7.61. The zero-order chi connectivity index (χ0) is 22.1. The molecule has 3 fully saturated rings. The van der Waals surface area contributed by atoms with Gasteiger partial charge in [-0.15, -0.1) is 0 Å². The van der Waals surface area contributed by atoms with Gasteiger partial charge in [-0.3, -0.25) is 14.5 Å². The first kappa shape index (κ1) is 22.1. The van der Waals surface area contributed by atoms with E-state index in [1.807, 2.05) is 24.3 Å². The molecule has 1 spiro atoms. The Hall–Kier alpha value is -1.70. The van der Waals surface area contributed by atoms with Crippen molar-refractivity contribution in [3.8, 4) is 0 Å². The molecular weight excluding hydrogens is 470 g/mol. The maximum absolute atomic E-state index is 13.3. The number of rotatable bonds is 8. The van der Waals surface area contributed by atoms with Crippen LogP contribution in [-0.4, -0.2) is 56.1 Å². The van der Waals surface area contributed by atoms with Crippen LogP contribution in [0.5, 0.6) is 0 Å². The van der Waals surface area contributed by atoms with Gasteiger partial charge >= 0.3 is 0 Å². The van der Waals surface area contributed by atoms with Crippen molar-refractivity contribution in [2.24, 2.45) is 29.1 Å². The molecule has 0 radical (unpaired) electrons. The molecule has 172 valence electrons. The lowest BCUT2D eigenvalue weighted by atomic mass is 9.81. The van der Waals surface area contributed by atoms with Gasteiger partial charge in [-0.05, 0) is 73.7 Å². The van der Waals surface area contributed by atoms with E-state index >= 15 is 0 Å². The number of amides is 2. The fourth-order valence-electron chi connectivity index (χ4n) is 6.08. The van der Waals surface area contributed by atoms with Crippen molar-refractivity contribution < 1.29 is 14.3 Å². The summed E-state index contributed by atoms with van der Waals surface area (Å²) in [4.78, 5) is 29.0. The van der Waals surface area contributed by atoms with Gasteiger partial charge in [0.2, 0.25) is 11.8 Å². The minimum atomic E-state index is -0.288. The van der Waals surface area contributed by atoms with E-state index in [-0.39, 0.29) is 40.9 Å². The summed E-state index contributed by atoms with van der Waals surface area (Å²) in [6.45, 7) is 5.37. The average molecular weight is 502 g/mol. The zero-order valence-electron chi connectivity index (χ0n) is 18.4. The van der Waals surface area contributed by atoms with Crippen molar-refractivity contribution in [1.82, 2.24) is 10.2 Å². The largest absolute Gasteiger partial charge is 0.379 e. The molecule has 1 aromatic carbocycles. The van der Waals surface area contributed by atoms with Crippen molar-refractivity contribution in [2.75, 3.05) is 44.7 Å². The molecule has 1 aromatic rings. The normalized spacial score (nSPS) is 29.9. The first-order valence-electron chi connectivity index (χ1n) is 11.9. The van der Waals surface area contributed by atoms with Crippen LogP contribution in [0.25, 0.3) is 0 Å². The summed E-state index contributed by atoms with van der Waals surface area (Å²) in [5.74, 6) is -0.147. The maximum Gasteiger partial charge on any atom is 0.228 e. The van der Waals surface area contributed by atoms with Gasteiger partial charge in [0.15, 0.2) is 0 Å². The molecule has 1 saturated heterocycles. The molecule has 2 saturated carbocycles. The highest BCUT2D eigenvalue weighted by molar-refractivity contribution is 9.10. The molecule has 6 nitrogen and oxygen atoms in total. The second kappa shape index (κ2) is 9.27. The predicted molar refractivity (Wildman–Crippen MR) is 127 cm³/mol. The number of carbonyl (C=O) groups excluding carboxylic acids is 2. The maximum atomic E-state index is 13.3. The zero-order valence-corrected chi connectivity index (χ0v) is 20.0. The lowest BCUT2D eigenvalue weighted by molar-refractivity contribution is -0.132. The van der Waals surface area contributed by atoms with Gasteiger partial charge in [0, 0.05) is 29.8 Å². The van der Waals surface area contributed by atoms with Crippen LogP contribution in [0, 0.1) is 29.1 Å². The summed E-state index contributed by atoms with van der Waals surface area (Å²) in [5, 5.41) is 6.24. The Morgan fingerprint density at radius 2 is 1.66 bits per heavy atom. The summed E-state index contributed by atoms with van der Waals surface area (Å²) < 4.78 is 6.37. The molecule has 4 atom stereocenters. The van der Waals surface area contributed by atoms with Gasteiger partial charge in [-0.2, -0.15) is 0 Å². The van der Waals surface area contributed by atoms with E-state index in [4.69, 9.17) is 4.74 Å². The molecule has 0 aromatic heterocycles. The summed E-state index contributed by atoms with van der Waals surface area (Å²) >= 11 is 3.43. The third-order valence-electron chi connectivity index (χ3n) is 7.86. The molecule has 2 bridgehead atoms. The summed E-state index contributed by atoms with van der Waals surface area (Å²) in [7, 11) is 0.